The molecule has 0 fully saturated rings. The molecule has 4 nitrogen and oxygen atoms in total. The van der Waals surface area contributed by atoms with Crippen molar-refractivity contribution in [2.45, 2.75) is 13.5 Å². The van der Waals surface area contributed by atoms with Crippen molar-refractivity contribution in [1.29, 1.82) is 0 Å². The molecule has 0 amide bonds. The van der Waals surface area contributed by atoms with E-state index in [0.717, 1.165) is 11.3 Å². The number of ether oxygens (including phenoxy) is 1. The molecule has 0 atom stereocenters. The normalized spacial score (nSPS) is 10.5. The SMILES string of the molecule is COCc1cc(Cl)nc(-c2ccc(C)cn2)n1. The lowest BCUT2D eigenvalue weighted by atomic mass is 10.2. The second-order valence-electron chi connectivity index (χ2n) is 3.66. The topological polar surface area (TPSA) is 47.9 Å². The molecule has 0 aliphatic heterocycles. The van der Waals surface area contributed by atoms with Gasteiger partial charge in [-0.3, -0.25) is 4.98 Å². The summed E-state index contributed by atoms with van der Waals surface area (Å²) in [5, 5.41) is 0.393. The molecule has 0 N–H and O–H groups in total. The van der Waals surface area contributed by atoms with Crippen LogP contribution in [0.15, 0.2) is 24.4 Å². The zero-order valence-corrected chi connectivity index (χ0v) is 10.4. The van der Waals surface area contributed by atoms with Crippen molar-refractivity contribution in [3.8, 4) is 11.5 Å². The molecule has 0 aliphatic carbocycles. The molecule has 2 aromatic heterocycles. The van der Waals surface area contributed by atoms with Gasteiger partial charge in [0.05, 0.1) is 12.3 Å². The van der Waals surface area contributed by atoms with Gasteiger partial charge in [-0.25, -0.2) is 9.97 Å². The third-order valence-electron chi connectivity index (χ3n) is 2.18. The molecule has 2 rings (SSSR count). The third kappa shape index (κ3) is 2.99. The second kappa shape index (κ2) is 5.21. The molecule has 0 unspecified atom stereocenters. The summed E-state index contributed by atoms with van der Waals surface area (Å²) in [5.41, 5.74) is 2.54. The van der Waals surface area contributed by atoms with E-state index in [9.17, 15) is 0 Å². The van der Waals surface area contributed by atoms with Gasteiger partial charge in [-0.15, -0.1) is 0 Å². The number of rotatable bonds is 3. The maximum Gasteiger partial charge on any atom is 0.179 e. The summed E-state index contributed by atoms with van der Waals surface area (Å²) in [7, 11) is 1.61. The van der Waals surface area contributed by atoms with Gasteiger partial charge in [-0.2, -0.15) is 0 Å². The molecule has 0 bridgehead atoms. The fourth-order valence-electron chi connectivity index (χ4n) is 1.40. The highest BCUT2D eigenvalue weighted by molar-refractivity contribution is 6.29. The average Bonchev–Trinajstić information content (AvgIpc) is 2.29. The van der Waals surface area contributed by atoms with Crippen molar-refractivity contribution in [3.05, 3.63) is 40.8 Å². The minimum atomic E-state index is 0.393. The van der Waals surface area contributed by atoms with Crippen molar-refractivity contribution < 1.29 is 4.74 Å². The summed E-state index contributed by atoms with van der Waals surface area (Å²) in [6, 6.07) is 5.52. The van der Waals surface area contributed by atoms with E-state index >= 15 is 0 Å². The highest BCUT2D eigenvalue weighted by atomic mass is 35.5. The Bertz CT molecular complexity index is 514. The average molecular weight is 250 g/mol. The van der Waals surface area contributed by atoms with Gasteiger partial charge in [-0.1, -0.05) is 17.7 Å². The number of nitrogens with zero attached hydrogens (tertiary/aromatic N) is 3. The van der Waals surface area contributed by atoms with Crippen LogP contribution in [0.1, 0.15) is 11.3 Å². The predicted octanol–water partition coefficient (Wildman–Crippen LogP) is 2.65. The Hall–Kier alpha value is -1.52. The quantitative estimate of drug-likeness (QED) is 0.785. The van der Waals surface area contributed by atoms with Crippen molar-refractivity contribution in [2.75, 3.05) is 7.11 Å². The maximum absolute atomic E-state index is 5.93. The standard InChI is InChI=1S/C12H12ClN3O/c1-8-3-4-10(14-6-8)12-15-9(7-17-2)5-11(13)16-12/h3-6H,7H2,1-2H3. The lowest BCUT2D eigenvalue weighted by Gasteiger charge is -2.04. The summed E-state index contributed by atoms with van der Waals surface area (Å²) in [6.45, 7) is 2.38. The molecule has 0 saturated heterocycles. The smallest absolute Gasteiger partial charge is 0.179 e. The lowest BCUT2D eigenvalue weighted by molar-refractivity contribution is 0.181. The van der Waals surface area contributed by atoms with E-state index < -0.39 is 0 Å². The zero-order chi connectivity index (χ0) is 12.3. The molecule has 88 valence electrons. The van der Waals surface area contributed by atoms with Crippen molar-refractivity contribution in [2.24, 2.45) is 0 Å². The largest absolute Gasteiger partial charge is 0.378 e. The van der Waals surface area contributed by atoms with Crippen LogP contribution in [0.25, 0.3) is 11.5 Å². The Kier molecular flexibility index (Phi) is 3.66. The highest BCUT2D eigenvalue weighted by Gasteiger charge is 2.06. The number of hydrogen-bond donors (Lipinski definition) is 0. The zero-order valence-electron chi connectivity index (χ0n) is 9.64. The summed E-state index contributed by atoms with van der Waals surface area (Å²) in [5.74, 6) is 0.518. The van der Waals surface area contributed by atoms with Gasteiger partial charge in [0.15, 0.2) is 5.82 Å². The van der Waals surface area contributed by atoms with Crippen molar-refractivity contribution >= 4 is 11.6 Å². The van der Waals surface area contributed by atoms with Crippen LogP contribution < -0.4 is 0 Å². The van der Waals surface area contributed by atoms with Crippen LogP contribution in [-0.2, 0) is 11.3 Å². The Morgan fingerprint density at radius 2 is 2.12 bits per heavy atom. The van der Waals surface area contributed by atoms with Crippen LogP contribution in [0, 0.1) is 6.92 Å². The van der Waals surface area contributed by atoms with Crippen LogP contribution in [0.3, 0.4) is 0 Å². The summed E-state index contributed by atoms with van der Waals surface area (Å²) in [4.78, 5) is 12.8. The third-order valence-corrected chi connectivity index (χ3v) is 2.37. The predicted molar refractivity (Wildman–Crippen MR) is 65.7 cm³/mol. The number of aromatic nitrogens is 3. The number of pyridine rings is 1. The summed E-state index contributed by atoms with van der Waals surface area (Å²) in [6.07, 6.45) is 1.77. The first-order chi connectivity index (χ1) is 8.19. The van der Waals surface area contributed by atoms with Crippen molar-refractivity contribution in [1.82, 2.24) is 15.0 Å². The van der Waals surface area contributed by atoms with E-state index in [1.165, 1.54) is 0 Å². The first-order valence-corrected chi connectivity index (χ1v) is 5.52. The number of methoxy groups -OCH3 is 1. The number of aryl methyl sites for hydroxylation is 1. The second-order valence-corrected chi connectivity index (χ2v) is 4.05. The first kappa shape index (κ1) is 12.0. The van der Waals surface area contributed by atoms with E-state index in [1.807, 2.05) is 19.1 Å². The minimum absolute atomic E-state index is 0.393. The minimum Gasteiger partial charge on any atom is -0.378 e. The molecule has 5 heteroatoms. The van der Waals surface area contributed by atoms with Crippen LogP contribution in [0.5, 0.6) is 0 Å². The fourth-order valence-corrected chi connectivity index (χ4v) is 1.61. The van der Waals surface area contributed by atoms with Gasteiger partial charge in [0.1, 0.15) is 10.8 Å². The van der Waals surface area contributed by atoms with Gasteiger partial charge >= 0.3 is 0 Å². The fraction of sp³-hybridized carbons (Fsp3) is 0.250. The first-order valence-electron chi connectivity index (χ1n) is 5.14. The van der Waals surface area contributed by atoms with E-state index in [2.05, 4.69) is 15.0 Å². The Morgan fingerprint density at radius 3 is 2.76 bits per heavy atom. The van der Waals surface area contributed by atoms with Gasteiger partial charge in [0, 0.05) is 13.3 Å². The molecule has 0 aromatic carbocycles. The molecule has 0 aliphatic rings. The van der Waals surface area contributed by atoms with Gasteiger partial charge in [0.2, 0.25) is 0 Å². The Balaban J connectivity index is 2.40. The number of halogens is 1. The Morgan fingerprint density at radius 1 is 1.29 bits per heavy atom. The Labute approximate surface area is 105 Å². The van der Waals surface area contributed by atoms with E-state index in [-0.39, 0.29) is 0 Å². The van der Waals surface area contributed by atoms with E-state index in [4.69, 9.17) is 16.3 Å². The highest BCUT2D eigenvalue weighted by Crippen LogP contribution is 2.16. The molecule has 0 radical (unpaired) electrons. The van der Waals surface area contributed by atoms with E-state index in [0.29, 0.717) is 23.3 Å². The molecule has 0 spiro atoms. The van der Waals surface area contributed by atoms with Crippen LogP contribution >= 0.6 is 11.6 Å². The van der Waals surface area contributed by atoms with Gasteiger partial charge < -0.3 is 4.74 Å². The molecule has 2 heterocycles. The molecule has 2 aromatic rings. The lowest BCUT2D eigenvalue weighted by Crippen LogP contribution is -1.98. The van der Waals surface area contributed by atoms with E-state index in [1.54, 1.807) is 19.4 Å². The van der Waals surface area contributed by atoms with Gasteiger partial charge in [0.25, 0.3) is 0 Å². The monoisotopic (exact) mass is 249 g/mol. The maximum atomic E-state index is 5.93. The van der Waals surface area contributed by atoms with Crippen LogP contribution in [-0.4, -0.2) is 22.1 Å². The molecule has 0 saturated carbocycles. The molecule has 17 heavy (non-hydrogen) atoms. The molecular formula is C12H12ClN3O. The molecular weight excluding hydrogens is 238 g/mol. The van der Waals surface area contributed by atoms with Gasteiger partial charge in [-0.05, 0) is 24.6 Å². The van der Waals surface area contributed by atoms with Crippen LogP contribution in [0.4, 0.5) is 0 Å². The summed E-state index contributed by atoms with van der Waals surface area (Å²) >= 11 is 5.93. The summed E-state index contributed by atoms with van der Waals surface area (Å²) < 4.78 is 5.02. The van der Waals surface area contributed by atoms with Crippen LogP contribution in [0.2, 0.25) is 5.15 Å². The number of hydrogen-bond acceptors (Lipinski definition) is 4. The van der Waals surface area contributed by atoms with Crippen molar-refractivity contribution in [3.63, 3.8) is 0 Å².